The molecule has 3 rings (SSSR count). The van der Waals surface area contributed by atoms with E-state index in [-0.39, 0.29) is 18.3 Å². The number of nitrogens with zero attached hydrogens (tertiary/aromatic N) is 4. The van der Waals surface area contributed by atoms with Gasteiger partial charge in [-0.25, -0.2) is 4.68 Å². The quantitative estimate of drug-likeness (QED) is 0.738. The highest BCUT2D eigenvalue weighted by Gasteiger charge is 2.21. The third kappa shape index (κ3) is 5.23. The first-order chi connectivity index (χ1) is 13.1. The molecule has 1 fully saturated rings. The summed E-state index contributed by atoms with van der Waals surface area (Å²) in [7, 11) is 1.82. The van der Waals surface area contributed by atoms with E-state index in [9.17, 15) is 4.79 Å². The molecule has 1 aromatic carbocycles. The fourth-order valence-electron chi connectivity index (χ4n) is 3.50. The van der Waals surface area contributed by atoms with Gasteiger partial charge in [0, 0.05) is 37.3 Å². The lowest BCUT2D eigenvalue weighted by Crippen LogP contribution is -2.27. The number of anilines is 2. The van der Waals surface area contributed by atoms with Crippen molar-refractivity contribution in [3.05, 3.63) is 35.7 Å². The molecular weight excluding hydrogens is 376 g/mol. The highest BCUT2D eigenvalue weighted by atomic mass is 35.5. The minimum atomic E-state index is -0.160. The standard InChI is InChI=1S/C20H30N6O.ClH/c1-4-14-26(5-2)17-8-6-16(7-9-17)19(27)23-20-22-18(24-25(20)3)15-10-12-21-13-11-15;/h6-9,15,21H,4-5,10-14H2,1-3H3,(H,22,23,24,27);1H. The number of aryl methyl sites for hydroxylation is 1. The van der Waals surface area contributed by atoms with Crippen LogP contribution in [0.25, 0.3) is 0 Å². The first-order valence-electron chi connectivity index (χ1n) is 9.90. The Hall–Kier alpha value is -2.12. The first-order valence-corrected chi connectivity index (χ1v) is 9.90. The van der Waals surface area contributed by atoms with Crippen LogP contribution in [0.3, 0.4) is 0 Å². The fraction of sp³-hybridized carbons (Fsp3) is 0.550. The smallest absolute Gasteiger partial charge is 0.258 e. The van der Waals surface area contributed by atoms with Crippen LogP contribution in [0.15, 0.2) is 24.3 Å². The predicted molar refractivity (Wildman–Crippen MR) is 116 cm³/mol. The van der Waals surface area contributed by atoms with Crippen molar-refractivity contribution in [1.82, 2.24) is 20.1 Å². The fourth-order valence-corrected chi connectivity index (χ4v) is 3.50. The zero-order valence-corrected chi connectivity index (χ0v) is 17.8. The van der Waals surface area contributed by atoms with Crippen molar-refractivity contribution in [3.63, 3.8) is 0 Å². The van der Waals surface area contributed by atoms with Crippen molar-refractivity contribution < 1.29 is 4.79 Å². The Labute approximate surface area is 173 Å². The first kappa shape index (κ1) is 22.2. The molecule has 2 N–H and O–H groups in total. The molecule has 8 heteroatoms. The Morgan fingerprint density at radius 2 is 1.93 bits per heavy atom. The summed E-state index contributed by atoms with van der Waals surface area (Å²) in [5, 5.41) is 10.7. The van der Waals surface area contributed by atoms with Crippen molar-refractivity contribution in [2.24, 2.45) is 7.05 Å². The molecule has 28 heavy (non-hydrogen) atoms. The van der Waals surface area contributed by atoms with Gasteiger partial charge in [-0.05, 0) is 63.5 Å². The molecule has 1 saturated heterocycles. The average Bonchev–Trinajstić information content (AvgIpc) is 3.07. The maximum atomic E-state index is 12.6. The van der Waals surface area contributed by atoms with Crippen LogP contribution in [0, 0.1) is 0 Å². The molecule has 0 radical (unpaired) electrons. The largest absolute Gasteiger partial charge is 0.372 e. The van der Waals surface area contributed by atoms with Crippen molar-refractivity contribution in [2.45, 2.75) is 39.0 Å². The number of benzene rings is 1. The van der Waals surface area contributed by atoms with Crippen LogP contribution in [-0.4, -0.2) is 46.9 Å². The van der Waals surface area contributed by atoms with Gasteiger partial charge >= 0.3 is 0 Å². The average molecular weight is 407 g/mol. The summed E-state index contributed by atoms with van der Waals surface area (Å²) in [6.45, 7) is 8.26. The molecule has 1 aliphatic heterocycles. The molecule has 1 amide bonds. The predicted octanol–water partition coefficient (Wildman–Crippen LogP) is 3.19. The summed E-state index contributed by atoms with van der Waals surface area (Å²) in [5.74, 6) is 1.52. The number of rotatable bonds is 7. The van der Waals surface area contributed by atoms with E-state index in [1.54, 1.807) is 4.68 Å². The highest BCUT2D eigenvalue weighted by molar-refractivity contribution is 6.03. The van der Waals surface area contributed by atoms with Gasteiger partial charge in [-0.1, -0.05) is 6.92 Å². The van der Waals surface area contributed by atoms with E-state index in [2.05, 4.69) is 39.5 Å². The Kier molecular flexibility index (Phi) is 8.26. The summed E-state index contributed by atoms with van der Waals surface area (Å²) >= 11 is 0. The number of amides is 1. The molecule has 2 heterocycles. The lowest BCUT2D eigenvalue weighted by Gasteiger charge is -2.22. The van der Waals surface area contributed by atoms with Crippen LogP contribution in [0.5, 0.6) is 0 Å². The molecule has 0 atom stereocenters. The van der Waals surface area contributed by atoms with E-state index >= 15 is 0 Å². The molecule has 1 aliphatic rings. The Morgan fingerprint density at radius 1 is 1.25 bits per heavy atom. The molecule has 1 aromatic heterocycles. The normalized spacial score (nSPS) is 14.4. The highest BCUT2D eigenvalue weighted by Crippen LogP contribution is 2.23. The molecule has 154 valence electrons. The van der Waals surface area contributed by atoms with Crippen molar-refractivity contribution in [2.75, 3.05) is 36.4 Å². The van der Waals surface area contributed by atoms with Gasteiger partial charge in [0.25, 0.3) is 5.91 Å². The molecule has 0 unspecified atom stereocenters. The number of aromatic nitrogens is 3. The van der Waals surface area contributed by atoms with Crippen LogP contribution in [-0.2, 0) is 7.05 Å². The van der Waals surface area contributed by atoms with Crippen molar-refractivity contribution in [1.29, 1.82) is 0 Å². The van der Waals surface area contributed by atoms with E-state index in [4.69, 9.17) is 0 Å². The molecule has 2 aromatic rings. The van der Waals surface area contributed by atoms with Crippen LogP contribution in [0.2, 0.25) is 0 Å². The second-order valence-corrected chi connectivity index (χ2v) is 7.02. The Bertz CT molecular complexity index is 755. The third-order valence-corrected chi connectivity index (χ3v) is 5.08. The Balaban J connectivity index is 0.00000280. The summed E-state index contributed by atoms with van der Waals surface area (Å²) in [6.07, 6.45) is 3.16. The zero-order valence-electron chi connectivity index (χ0n) is 16.9. The van der Waals surface area contributed by atoms with Gasteiger partial charge in [-0.3, -0.25) is 10.1 Å². The van der Waals surface area contributed by atoms with E-state index < -0.39 is 0 Å². The van der Waals surface area contributed by atoms with Crippen LogP contribution < -0.4 is 15.5 Å². The third-order valence-electron chi connectivity index (χ3n) is 5.08. The lowest BCUT2D eigenvalue weighted by atomic mass is 9.98. The van der Waals surface area contributed by atoms with Gasteiger partial charge in [-0.2, -0.15) is 10.1 Å². The molecule has 0 spiro atoms. The molecular formula is C20H31ClN6O. The second kappa shape index (κ2) is 10.4. The lowest BCUT2D eigenvalue weighted by molar-refractivity contribution is 0.102. The SMILES string of the molecule is CCCN(CC)c1ccc(C(=O)Nc2nc(C3CCNCC3)nn2C)cc1.Cl. The van der Waals surface area contributed by atoms with Gasteiger partial charge in [0.05, 0.1) is 0 Å². The maximum Gasteiger partial charge on any atom is 0.258 e. The molecule has 0 bridgehead atoms. The van der Waals surface area contributed by atoms with Crippen molar-refractivity contribution >= 4 is 29.9 Å². The number of carbonyl (C=O) groups is 1. The van der Waals surface area contributed by atoms with E-state index in [0.717, 1.165) is 57.0 Å². The van der Waals surface area contributed by atoms with Gasteiger partial charge in [0.15, 0.2) is 5.82 Å². The number of carbonyl (C=O) groups excluding carboxylic acids is 1. The van der Waals surface area contributed by atoms with Crippen LogP contribution >= 0.6 is 12.4 Å². The van der Waals surface area contributed by atoms with Gasteiger partial charge in [-0.15, -0.1) is 12.4 Å². The second-order valence-electron chi connectivity index (χ2n) is 7.02. The summed E-state index contributed by atoms with van der Waals surface area (Å²) in [6, 6.07) is 7.75. The number of hydrogen-bond acceptors (Lipinski definition) is 5. The summed E-state index contributed by atoms with van der Waals surface area (Å²) in [4.78, 5) is 19.5. The number of piperidine rings is 1. The molecule has 0 saturated carbocycles. The summed E-state index contributed by atoms with van der Waals surface area (Å²) < 4.78 is 1.66. The maximum absolute atomic E-state index is 12.6. The van der Waals surface area contributed by atoms with Crippen LogP contribution in [0.1, 0.15) is 55.2 Å². The topological polar surface area (TPSA) is 75.1 Å². The minimum Gasteiger partial charge on any atom is -0.372 e. The van der Waals surface area contributed by atoms with Gasteiger partial charge < -0.3 is 10.2 Å². The minimum absolute atomic E-state index is 0. The van der Waals surface area contributed by atoms with Gasteiger partial charge in [0.2, 0.25) is 5.95 Å². The number of nitrogens with one attached hydrogen (secondary N) is 2. The van der Waals surface area contributed by atoms with Crippen LogP contribution in [0.4, 0.5) is 11.6 Å². The molecule has 0 aliphatic carbocycles. The van der Waals surface area contributed by atoms with Gasteiger partial charge in [0.1, 0.15) is 0 Å². The summed E-state index contributed by atoms with van der Waals surface area (Å²) in [5.41, 5.74) is 1.76. The number of hydrogen-bond donors (Lipinski definition) is 2. The van der Waals surface area contributed by atoms with E-state index in [0.29, 0.717) is 17.4 Å². The molecule has 7 nitrogen and oxygen atoms in total. The van der Waals surface area contributed by atoms with E-state index in [1.165, 1.54) is 0 Å². The Morgan fingerprint density at radius 3 is 2.54 bits per heavy atom. The van der Waals surface area contributed by atoms with E-state index in [1.807, 2.05) is 31.3 Å². The van der Waals surface area contributed by atoms with Crippen molar-refractivity contribution in [3.8, 4) is 0 Å². The number of halogens is 1. The zero-order chi connectivity index (χ0) is 19.2. The monoisotopic (exact) mass is 406 g/mol.